The molecule has 2 aromatic carbocycles. The second-order valence-corrected chi connectivity index (χ2v) is 9.36. The lowest BCUT2D eigenvalue weighted by atomic mass is 10.0. The molecule has 2 aromatic rings. The maximum absolute atomic E-state index is 12.8. The highest BCUT2D eigenvalue weighted by Crippen LogP contribution is 2.32. The zero-order valence-corrected chi connectivity index (χ0v) is 18.6. The van der Waals surface area contributed by atoms with Crippen LogP contribution in [0, 0.1) is 0 Å². The van der Waals surface area contributed by atoms with Gasteiger partial charge in [-0.15, -0.1) is 0 Å². The van der Waals surface area contributed by atoms with Crippen LogP contribution < -0.4 is 9.62 Å². The lowest BCUT2D eigenvalue weighted by Crippen LogP contribution is -2.48. The van der Waals surface area contributed by atoms with E-state index in [1.807, 2.05) is 31.2 Å². The minimum absolute atomic E-state index is 0.166. The minimum Gasteiger partial charge on any atom is -0.348 e. The molecule has 2 atom stereocenters. The van der Waals surface area contributed by atoms with Gasteiger partial charge in [0.1, 0.15) is 6.04 Å². The van der Waals surface area contributed by atoms with Crippen LogP contribution in [0.4, 0.5) is 5.69 Å². The van der Waals surface area contributed by atoms with Crippen LogP contribution in [0.2, 0.25) is 10.0 Å². The SMILES string of the molecule is CCc1ccc([C@@H](C)NC(=O)[C@H](C)N(c2cc(Cl)ccc2Cl)S(C)(=O)=O)cc1. The summed E-state index contributed by atoms with van der Waals surface area (Å²) < 4.78 is 25.8. The maximum Gasteiger partial charge on any atom is 0.244 e. The third kappa shape index (κ3) is 5.40. The highest BCUT2D eigenvalue weighted by Gasteiger charge is 2.31. The van der Waals surface area contributed by atoms with Gasteiger partial charge in [0.15, 0.2) is 0 Å². The second kappa shape index (κ2) is 9.16. The number of anilines is 1. The lowest BCUT2D eigenvalue weighted by Gasteiger charge is -2.30. The predicted octanol–water partition coefficient (Wildman–Crippen LogP) is 4.59. The van der Waals surface area contributed by atoms with Crippen molar-refractivity contribution in [2.45, 2.75) is 39.3 Å². The normalized spacial score (nSPS) is 13.6. The molecular formula is C20H24Cl2N2O3S. The number of amides is 1. The molecule has 28 heavy (non-hydrogen) atoms. The van der Waals surface area contributed by atoms with E-state index in [1.165, 1.54) is 24.6 Å². The van der Waals surface area contributed by atoms with Crippen molar-refractivity contribution in [2.75, 3.05) is 10.6 Å². The fraction of sp³-hybridized carbons (Fsp3) is 0.350. The minimum atomic E-state index is -3.78. The molecule has 0 saturated carbocycles. The fourth-order valence-corrected chi connectivity index (χ4v) is 4.50. The molecule has 0 aliphatic carbocycles. The highest BCUT2D eigenvalue weighted by molar-refractivity contribution is 7.92. The van der Waals surface area contributed by atoms with Gasteiger partial charge in [-0.05, 0) is 49.6 Å². The van der Waals surface area contributed by atoms with Crippen LogP contribution in [0.5, 0.6) is 0 Å². The van der Waals surface area contributed by atoms with E-state index in [-0.39, 0.29) is 16.8 Å². The molecular weight excluding hydrogens is 419 g/mol. The van der Waals surface area contributed by atoms with Gasteiger partial charge in [-0.1, -0.05) is 54.4 Å². The van der Waals surface area contributed by atoms with E-state index in [9.17, 15) is 13.2 Å². The Balaban J connectivity index is 2.27. The summed E-state index contributed by atoms with van der Waals surface area (Å²) in [5.41, 5.74) is 2.30. The van der Waals surface area contributed by atoms with Gasteiger partial charge >= 0.3 is 0 Å². The van der Waals surface area contributed by atoms with Crippen LogP contribution >= 0.6 is 23.2 Å². The van der Waals surface area contributed by atoms with Crippen molar-refractivity contribution < 1.29 is 13.2 Å². The van der Waals surface area contributed by atoms with Crippen LogP contribution in [-0.4, -0.2) is 26.6 Å². The number of hydrogen-bond acceptors (Lipinski definition) is 3. The van der Waals surface area contributed by atoms with Crippen molar-refractivity contribution >= 4 is 44.8 Å². The zero-order valence-electron chi connectivity index (χ0n) is 16.2. The lowest BCUT2D eigenvalue weighted by molar-refractivity contribution is -0.122. The standard InChI is InChI=1S/C20H24Cl2N2O3S/c1-5-15-6-8-16(9-7-15)13(2)23-20(25)14(3)24(28(4,26)27)19-12-17(21)10-11-18(19)22/h6-14H,5H2,1-4H3,(H,23,25)/t13-,14+/m1/s1. The number of hydrogen-bond donors (Lipinski definition) is 1. The molecule has 0 saturated heterocycles. The summed E-state index contributed by atoms with van der Waals surface area (Å²) in [6.07, 6.45) is 1.96. The van der Waals surface area contributed by atoms with E-state index in [4.69, 9.17) is 23.2 Å². The molecule has 0 heterocycles. The molecule has 1 N–H and O–H groups in total. The number of aryl methyl sites for hydroxylation is 1. The van der Waals surface area contributed by atoms with E-state index < -0.39 is 22.0 Å². The molecule has 1 amide bonds. The van der Waals surface area contributed by atoms with Crippen molar-refractivity contribution in [3.8, 4) is 0 Å². The number of nitrogens with one attached hydrogen (secondary N) is 1. The summed E-state index contributed by atoms with van der Waals surface area (Å²) in [5, 5.41) is 3.39. The number of rotatable bonds is 7. The Kier molecular flexibility index (Phi) is 7.37. The summed E-state index contributed by atoms with van der Waals surface area (Å²) in [6.45, 7) is 5.44. The number of benzene rings is 2. The average molecular weight is 443 g/mol. The van der Waals surface area contributed by atoms with Gasteiger partial charge in [0, 0.05) is 5.02 Å². The molecule has 0 fully saturated rings. The van der Waals surface area contributed by atoms with E-state index in [2.05, 4.69) is 12.2 Å². The van der Waals surface area contributed by atoms with Crippen LogP contribution in [0.3, 0.4) is 0 Å². The molecule has 0 spiro atoms. The van der Waals surface area contributed by atoms with E-state index in [0.29, 0.717) is 5.02 Å². The van der Waals surface area contributed by atoms with E-state index in [0.717, 1.165) is 22.5 Å². The molecule has 0 aliphatic rings. The van der Waals surface area contributed by atoms with Gasteiger partial charge < -0.3 is 5.32 Å². The molecule has 2 rings (SSSR count). The van der Waals surface area contributed by atoms with E-state index >= 15 is 0 Å². The third-order valence-corrected chi connectivity index (χ3v) is 6.26. The summed E-state index contributed by atoms with van der Waals surface area (Å²) in [5.74, 6) is -0.437. The summed E-state index contributed by atoms with van der Waals surface area (Å²) in [7, 11) is -3.78. The van der Waals surface area contributed by atoms with Crippen molar-refractivity contribution in [1.29, 1.82) is 0 Å². The Hall–Kier alpha value is -1.76. The first-order valence-corrected chi connectivity index (χ1v) is 11.5. The summed E-state index contributed by atoms with van der Waals surface area (Å²) >= 11 is 12.2. The summed E-state index contributed by atoms with van der Waals surface area (Å²) in [6, 6.07) is 11.1. The average Bonchev–Trinajstić information content (AvgIpc) is 2.63. The zero-order chi connectivity index (χ0) is 21.1. The predicted molar refractivity (Wildman–Crippen MR) is 116 cm³/mol. The number of carbonyl (C=O) groups excluding carboxylic acids is 1. The fourth-order valence-electron chi connectivity index (χ4n) is 2.90. The van der Waals surface area contributed by atoms with Gasteiger partial charge in [0.2, 0.25) is 15.9 Å². The van der Waals surface area contributed by atoms with Gasteiger partial charge in [0.25, 0.3) is 0 Å². The first kappa shape index (κ1) is 22.5. The van der Waals surface area contributed by atoms with Gasteiger partial charge in [-0.3, -0.25) is 9.10 Å². The molecule has 0 unspecified atom stereocenters. The van der Waals surface area contributed by atoms with Crippen molar-refractivity contribution in [3.05, 3.63) is 63.6 Å². The molecule has 0 aromatic heterocycles. The monoisotopic (exact) mass is 442 g/mol. The second-order valence-electron chi connectivity index (χ2n) is 6.66. The quantitative estimate of drug-likeness (QED) is 0.681. The van der Waals surface area contributed by atoms with Crippen LogP contribution in [0.1, 0.15) is 37.9 Å². The molecule has 5 nitrogen and oxygen atoms in total. The van der Waals surface area contributed by atoms with E-state index in [1.54, 1.807) is 6.07 Å². The molecule has 0 radical (unpaired) electrons. The largest absolute Gasteiger partial charge is 0.348 e. The highest BCUT2D eigenvalue weighted by atomic mass is 35.5. The van der Waals surface area contributed by atoms with Crippen LogP contribution in [0.25, 0.3) is 0 Å². The topological polar surface area (TPSA) is 66.5 Å². The number of halogens is 2. The van der Waals surface area contributed by atoms with Crippen molar-refractivity contribution in [1.82, 2.24) is 5.32 Å². The molecule has 152 valence electrons. The Morgan fingerprint density at radius 3 is 2.25 bits per heavy atom. The molecule has 8 heteroatoms. The molecule has 0 bridgehead atoms. The number of sulfonamides is 1. The maximum atomic E-state index is 12.8. The van der Waals surface area contributed by atoms with Crippen LogP contribution in [-0.2, 0) is 21.2 Å². The van der Waals surface area contributed by atoms with Crippen molar-refractivity contribution in [2.24, 2.45) is 0 Å². The van der Waals surface area contributed by atoms with Gasteiger partial charge in [0.05, 0.1) is 23.0 Å². The van der Waals surface area contributed by atoms with Crippen LogP contribution in [0.15, 0.2) is 42.5 Å². The Morgan fingerprint density at radius 1 is 1.11 bits per heavy atom. The van der Waals surface area contributed by atoms with Gasteiger partial charge in [-0.2, -0.15) is 0 Å². The smallest absolute Gasteiger partial charge is 0.244 e. The first-order valence-electron chi connectivity index (χ1n) is 8.88. The third-order valence-electron chi connectivity index (χ3n) is 4.48. The molecule has 0 aliphatic heterocycles. The number of carbonyl (C=O) groups is 1. The van der Waals surface area contributed by atoms with Gasteiger partial charge in [-0.25, -0.2) is 8.42 Å². The van der Waals surface area contributed by atoms with Crippen molar-refractivity contribution in [3.63, 3.8) is 0 Å². The number of nitrogens with zero attached hydrogens (tertiary/aromatic N) is 1. The summed E-state index contributed by atoms with van der Waals surface area (Å²) in [4.78, 5) is 12.8. The first-order chi connectivity index (χ1) is 13.0. The Bertz CT molecular complexity index is 946. The Morgan fingerprint density at radius 2 is 1.71 bits per heavy atom. The Labute approximate surface area is 176 Å².